The Hall–Kier alpha value is -3.35. The fourth-order valence-electron chi connectivity index (χ4n) is 3.39. The molecule has 1 saturated heterocycles. The third-order valence-corrected chi connectivity index (χ3v) is 4.93. The summed E-state index contributed by atoms with van der Waals surface area (Å²) in [5.74, 6) is -1.42. The summed E-state index contributed by atoms with van der Waals surface area (Å²) in [6.07, 6.45) is 0.460. The number of carbonyl (C=O) groups is 3. The summed E-state index contributed by atoms with van der Waals surface area (Å²) >= 11 is 0. The molecule has 2 unspecified atom stereocenters. The van der Waals surface area contributed by atoms with Gasteiger partial charge in [0.25, 0.3) is 5.91 Å². The van der Waals surface area contributed by atoms with Crippen molar-refractivity contribution in [2.45, 2.75) is 13.3 Å². The van der Waals surface area contributed by atoms with Gasteiger partial charge in [-0.3, -0.25) is 9.59 Å². The number of likely N-dealkylation sites (tertiary alicyclic amines) is 1. The lowest BCUT2D eigenvalue weighted by Crippen LogP contribution is -2.45. The monoisotopic (exact) mass is 381 g/mol. The maximum atomic E-state index is 12.7. The first-order valence-electron chi connectivity index (χ1n) is 9.19. The number of para-hydroxylation sites is 1. The number of carboxylic acids is 1. The van der Waals surface area contributed by atoms with Gasteiger partial charge >= 0.3 is 12.0 Å². The molecule has 1 aliphatic heterocycles. The van der Waals surface area contributed by atoms with E-state index in [2.05, 4.69) is 10.6 Å². The van der Waals surface area contributed by atoms with Gasteiger partial charge in [0.05, 0.1) is 5.92 Å². The molecule has 28 heavy (non-hydrogen) atoms. The summed E-state index contributed by atoms with van der Waals surface area (Å²) in [4.78, 5) is 37.6. The topological polar surface area (TPSA) is 98.7 Å². The normalized spacial score (nSPS) is 19.0. The number of rotatable bonds is 4. The van der Waals surface area contributed by atoms with E-state index < -0.39 is 11.9 Å². The fraction of sp³-hybridized carbons (Fsp3) is 0.286. The van der Waals surface area contributed by atoms with Gasteiger partial charge < -0.3 is 20.6 Å². The minimum absolute atomic E-state index is 0.0853. The van der Waals surface area contributed by atoms with Gasteiger partial charge in [0.2, 0.25) is 0 Å². The molecule has 0 aliphatic carbocycles. The third-order valence-electron chi connectivity index (χ3n) is 4.93. The average Bonchev–Trinajstić information content (AvgIpc) is 2.68. The van der Waals surface area contributed by atoms with Gasteiger partial charge in [-0.15, -0.1) is 0 Å². The van der Waals surface area contributed by atoms with E-state index in [9.17, 15) is 19.5 Å². The summed E-state index contributed by atoms with van der Waals surface area (Å²) in [6, 6.07) is 15.4. The quantitative estimate of drug-likeness (QED) is 0.755. The lowest BCUT2D eigenvalue weighted by molar-refractivity contribution is -0.145. The molecule has 2 aromatic carbocycles. The zero-order valence-corrected chi connectivity index (χ0v) is 15.6. The maximum Gasteiger partial charge on any atom is 0.323 e. The highest BCUT2D eigenvalue weighted by Gasteiger charge is 2.33. The van der Waals surface area contributed by atoms with E-state index in [4.69, 9.17) is 0 Å². The molecular weight excluding hydrogens is 358 g/mol. The zero-order valence-electron chi connectivity index (χ0n) is 15.6. The standard InChI is InChI=1S/C21H23N3O4/c1-14-13-24(12-11-18(14)20(26)27)19(25)15-7-9-17(10-8-15)23-21(28)22-16-5-3-2-4-6-16/h2-10,14,18H,11-13H2,1H3,(H,26,27)(H2,22,23,28). The van der Waals surface area contributed by atoms with Crippen molar-refractivity contribution in [3.05, 3.63) is 60.2 Å². The molecule has 0 spiro atoms. The number of anilines is 2. The predicted molar refractivity (Wildman–Crippen MR) is 106 cm³/mol. The SMILES string of the molecule is CC1CN(C(=O)c2ccc(NC(=O)Nc3ccccc3)cc2)CCC1C(=O)O. The lowest BCUT2D eigenvalue weighted by atomic mass is 9.87. The van der Waals surface area contributed by atoms with Crippen LogP contribution in [0.15, 0.2) is 54.6 Å². The van der Waals surface area contributed by atoms with Crippen LogP contribution in [-0.4, -0.2) is 41.0 Å². The molecule has 7 nitrogen and oxygen atoms in total. The summed E-state index contributed by atoms with van der Waals surface area (Å²) in [6.45, 7) is 2.71. The van der Waals surface area contributed by atoms with Crippen LogP contribution in [0.5, 0.6) is 0 Å². The predicted octanol–water partition coefficient (Wildman–Crippen LogP) is 3.51. The van der Waals surface area contributed by atoms with Crippen LogP contribution in [0.25, 0.3) is 0 Å². The molecule has 0 bridgehead atoms. The van der Waals surface area contributed by atoms with Crippen LogP contribution in [0.1, 0.15) is 23.7 Å². The highest BCUT2D eigenvalue weighted by atomic mass is 16.4. The highest BCUT2D eigenvalue weighted by molar-refractivity contribution is 6.00. The Bertz CT molecular complexity index is 852. The number of hydrogen-bond donors (Lipinski definition) is 3. The van der Waals surface area contributed by atoms with Gasteiger partial charge in [0, 0.05) is 30.0 Å². The number of carbonyl (C=O) groups excluding carboxylic acids is 2. The van der Waals surface area contributed by atoms with Crippen molar-refractivity contribution in [1.29, 1.82) is 0 Å². The number of nitrogens with one attached hydrogen (secondary N) is 2. The van der Waals surface area contributed by atoms with Gasteiger partial charge in [0.15, 0.2) is 0 Å². The van der Waals surface area contributed by atoms with Crippen molar-refractivity contribution < 1.29 is 19.5 Å². The summed E-state index contributed by atoms with van der Waals surface area (Å²) in [5, 5.41) is 14.6. The maximum absolute atomic E-state index is 12.7. The molecule has 0 saturated carbocycles. The number of nitrogens with zero attached hydrogens (tertiary/aromatic N) is 1. The van der Waals surface area contributed by atoms with Crippen LogP contribution in [0.2, 0.25) is 0 Å². The van der Waals surface area contributed by atoms with Crippen molar-refractivity contribution in [3.8, 4) is 0 Å². The Kier molecular flexibility index (Phi) is 5.93. The van der Waals surface area contributed by atoms with Crippen LogP contribution in [0.4, 0.5) is 16.2 Å². The first kappa shape index (κ1) is 19.4. The molecule has 1 aliphatic rings. The molecule has 0 aromatic heterocycles. The molecule has 3 amide bonds. The molecule has 7 heteroatoms. The fourth-order valence-corrected chi connectivity index (χ4v) is 3.39. The molecule has 3 N–H and O–H groups in total. The number of piperidine rings is 1. The Morgan fingerprint density at radius 2 is 1.57 bits per heavy atom. The Morgan fingerprint density at radius 1 is 0.964 bits per heavy atom. The average molecular weight is 381 g/mol. The largest absolute Gasteiger partial charge is 0.481 e. The number of benzene rings is 2. The van der Waals surface area contributed by atoms with Gasteiger partial charge in [-0.25, -0.2) is 4.79 Å². The van der Waals surface area contributed by atoms with Crippen molar-refractivity contribution in [1.82, 2.24) is 4.90 Å². The second kappa shape index (κ2) is 8.56. The van der Waals surface area contributed by atoms with E-state index in [1.54, 1.807) is 41.3 Å². The van der Waals surface area contributed by atoms with Gasteiger partial charge in [-0.2, -0.15) is 0 Å². The van der Waals surface area contributed by atoms with Crippen molar-refractivity contribution in [2.24, 2.45) is 11.8 Å². The van der Waals surface area contributed by atoms with Gasteiger partial charge in [-0.1, -0.05) is 25.1 Å². The number of hydrogen-bond acceptors (Lipinski definition) is 3. The zero-order chi connectivity index (χ0) is 20.1. The smallest absolute Gasteiger partial charge is 0.323 e. The molecule has 1 fully saturated rings. The minimum atomic E-state index is -0.802. The highest BCUT2D eigenvalue weighted by Crippen LogP contribution is 2.25. The Labute approximate surface area is 163 Å². The molecule has 0 radical (unpaired) electrons. The van der Waals surface area contributed by atoms with E-state index in [0.29, 0.717) is 36.4 Å². The number of amides is 3. The molecule has 1 heterocycles. The second-order valence-corrected chi connectivity index (χ2v) is 6.98. The van der Waals surface area contributed by atoms with Gasteiger partial charge in [-0.05, 0) is 48.7 Å². The van der Waals surface area contributed by atoms with Crippen LogP contribution in [0.3, 0.4) is 0 Å². The van der Waals surface area contributed by atoms with E-state index in [1.165, 1.54) is 0 Å². The minimum Gasteiger partial charge on any atom is -0.481 e. The van der Waals surface area contributed by atoms with Crippen LogP contribution in [-0.2, 0) is 4.79 Å². The number of urea groups is 1. The van der Waals surface area contributed by atoms with E-state index >= 15 is 0 Å². The van der Waals surface area contributed by atoms with E-state index in [1.807, 2.05) is 25.1 Å². The van der Waals surface area contributed by atoms with Crippen molar-refractivity contribution >= 4 is 29.3 Å². The van der Waals surface area contributed by atoms with Crippen molar-refractivity contribution in [2.75, 3.05) is 23.7 Å². The van der Waals surface area contributed by atoms with Crippen LogP contribution < -0.4 is 10.6 Å². The molecule has 3 rings (SSSR count). The third kappa shape index (κ3) is 4.68. The number of aliphatic carboxylic acids is 1. The molecular formula is C21H23N3O4. The molecule has 146 valence electrons. The molecule has 2 aromatic rings. The van der Waals surface area contributed by atoms with Gasteiger partial charge in [0.1, 0.15) is 0 Å². The number of carboxylic acid groups (broad SMARTS) is 1. The Morgan fingerprint density at radius 3 is 2.14 bits per heavy atom. The first-order valence-corrected chi connectivity index (χ1v) is 9.19. The van der Waals surface area contributed by atoms with Crippen LogP contribution in [0, 0.1) is 11.8 Å². The first-order chi connectivity index (χ1) is 13.4. The molecule has 2 atom stereocenters. The van der Waals surface area contributed by atoms with Crippen molar-refractivity contribution in [3.63, 3.8) is 0 Å². The summed E-state index contributed by atoms with van der Waals surface area (Å²) < 4.78 is 0. The van der Waals surface area contributed by atoms with E-state index in [0.717, 1.165) is 0 Å². The Balaban J connectivity index is 1.57. The van der Waals surface area contributed by atoms with E-state index in [-0.39, 0.29) is 17.9 Å². The summed E-state index contributed by atoms with van der Waals surface area (Å²) in [5.41, 5.74) is 1.77. The summed E-state index contributed by atoms with van der Waals surface area (Å²) in [7, 11) is 0. The lowest BCUT2D eigenvalue weighted by Gasteiger charge is -2.35. The second-order valence-electron chi connectivity index (χ2n) is 6.98. The van der Waals surface area contributed by atoms with Crippen LogP contribution >= 0.6 is 0 Å².